The molecule has 2 unspecified atom stereocenters. The quantitative estimate of drug-likeness (QED) is 0.724. The van der Waals surface area contributed by atoms with Gasteiger partial charge in [-0.25, -0.2) is 0 Å². The molecule has 1 aliphatic heterocycles. The van der Waals surface area contributed by atoms with Crippen molar-refractivity contribution in [1.82, 2.24) is 4.90 Å². The molecule has 1 heterocycles. The van der Waals surface area contributed by atoms with E-state index in [1.807, 2.05) is 6.07 Å². The fourth-order valence-corrected chi connectivity index (χ4v) is 3.93. The van der Waals surface area contributed by atoms with E-state index in [9.17, 15) is 5.11 Å². The Morgan fingerprint density at radius 3 is 2.26 bits per heavy atom. The number of rotatable bonds is 9. The molecule has 0 aliphatic carbocycles. The molecule has 27 heavy (non-hydrogen) atoms. The molecule has 0 spiro atoms. The second kappa shape index (κ2) is 10.6. The van der Waals surface area contributed by atoms with E-state index in [4.69, 9.17) is 4.74 Å². The summed E-state index contributed by atoms with van der Waals surface area (Å²) in [6.07, 6.45) is 3.21. The molecule has 0 bridgehead atoms. The minimum atomic E-state index is -0.404. The molecular weight excluding hydrogens is 334 g/mol. The maximum Gasteiger partial charge on any atom is 0.0900 e. The summed E-state index contributed by atoms with van der Waals surface area (Å²) in [4.78, 5) is 2.39. The number of aliphatic hydroxyl groups is 1. The van der Waals surface area contributed by atoms with E-state index in [1.54, 1.807) is 0 Å². The Morgan fingerprint density at radius 1 is 0.963 bits per heavy atom. The monoisotopic (exact) mass is 367 g/mol. The van der Waals surface area contributed by atoms with Crippen LogP contribution < -0.4 is 0 Å². The van der Waals surface area contributed by atoms with Gasteiger partial charge in [-0.1, -0.05) is 67.6 Å². The van der Waals surface area contributed by atoms with Crippen LogP contribution in [0, 0.1) is 5.92 Å². The number of nitrogens with zero attached hydrogens (tertiary/aromatic N) is 1. The molecule has 0 saturated carbocycles. The van der Waals surface area contributed by atoms with Crippen molar-refractivity contribution in [2.45, 2.75) is 38.2 Å². The van der Waals surface area contributed by atoms with E-state index in [-0.39, 0.29) is 0 Å². The minimum absolute atomic E-state index is 0.354. The SMILES string of the molecule is CC(COCC(O)CN1CCC(Cc2ccccc2)CC1)c1ccccc1. The Balaban J connectivity index is 1.30. The van der Waals surface area contributed by atoms with Gasteiger partial charge < -0.3 is 14.7 Å². The van der Waals surface area contributed by atoms with Crippen molar-refractivity contribution in [3.63, 3.8) is 0 Å². The van der Waals surface area contributed by atoms with Crippen LogP contribution in [0.25, 0.3) is 0 Å². The topological polar surface area (TPSA) is 32.7 Å². The van der Waals surface area contributed by atoms with E-state index in [0.29, 0.717) is 19.1 Å². The number of hydrogen-bond donors (Lipinski definition) is 1. The summed E-state index contributed by atoms with van der Waals surface area (Å²) in [6, 6.07) is 21.2. The molecule has 3 rings (SSSR count). The number of likely N-dealkylation sites (tertiary alicyclic amines) is 1. The van der Waals surface area contributed by atoms with Gasteiger partial charge in [0.1, 0.15) is 0 Å². The van der Waals surface area contributed by atoms with Gasteiger partial charge in [0.15, 0.2) is 0 Å². The van der Waals surface area contributed by atoms with Crippen LogP contribution in [-0.2, 0) is 11.2 Å². The lowest BCUT2D eigenvalue weighted by atomic mass is 9.90. The lowest BCUT2D eigenvalue weighted by Crippen LogP contribution is -2.40. The van der Waals surface area contributed by atoms with Crippen LogP contribution in [0.1, 0.15) is 36.8 Å². The second-order valence-electron chi connectivity index (χ2n) is 7.94. The average molecular weight is 368 g/mol. The number of ether oxygens (including phenoxy) is 1. The first-order chi connectivity index (χ1) is 13.2. The van der Waals surface area contributed by atoms with E-state index in [0.717, 1.165) is 25.6 Å². The lowest BCUT2D eigenvalue weighted by molar-refractivity contribution is 0.00746. The predicted octanol–water partition coefficient (Wildman–Crippen LogP) is 4.12. The maximum absolute atomic E-state index is 10.3. The molecule has 3 heteroatoms. The van der Waals surface area contributed by atoms with Crippen molar-refractivity contribution < 1.29 is 9.84 Å². The zero-order chi connectivity index (χ0) is 18.9. The zero-order valence-corrected chi connectivity index (χ0v) is 16.5. The molecule has 0 amide bonds. The van der Waals surface area contributed by atoms with Crippen molar-refractivity contribution in [3.8, 4) is 0 Å². The molecule has 2 aromatic rings. The van der Waals surface area contributed by atoms with Crippen LogP contribution in [0.5, 0.6) is 0 Å². The van der Waals surface area contributed by atoms with Gasteiger partial charge in [0.25, 0.3) is 0 Å². The van der Waals surface area contributed by atoms with Crippen LogP contribution in [0.15, 0.2) is 60.7 Å². The Hall–Kier alpha value is -1.68. The van der Waals surface area contributed by atoms with Crippen LogP contribution in [0.3, 0.4) is 0 Å². The van der Waals surface area contributed by atoms with Crippen molar-refractivity contribution in [2.24, 2.45) is 5.92 Å². The summed E-state index contributed by atoms with van der Waals surface area (Å²) in [5.74, 6) is 1.12. The molecule has 2 atom stereocenters. The van der Waals surface area contributed by atoms with Gasteiger partial charge in [0.2, 0.25) is 0 Å². The number of hydrogen-bond acceptors (Lipinski definition) is 3. The van der Waals surface area contributed by atoms with Crippen molar-refractivity contribution >= 4 is 0 Å². The lowest BCUT2D eigenvalue weighted by Gasteiger charge is -2.33. The Kier molecular flexibility index (Phi) is 7.88. The Bertz CT molecular complexity index is 638. The largest absolute Gasteiger partial charge is 0.389 e. The second-order valence-corrected chi connectivity index (χ2v) is 7.94. The highest BCUT2D eigenvalue weighted by molar-refractivity contribution is 5.18. The molecule has 1 fully saturated rings. The van der Waals surface area contributed by atoms with Crippen molar-refractivity contribution in [1.29, 1.82) is 0 Å². The molecule has 146 valence electrons. The van der Waals surface area contributed by atoms with E-state index in [2.05, 4.69) is 66.4 Å². The smallest absolute Gasteiger partial charge is 0.0900 e. The molecule has 3 nitrogen and oxygen atoms in total. The summed E-state index contributed by atoms with van der Waals surface area (Å²) < 4.78 is 5.78. The molecule has 1 N–H and O–H groups in total. The third-order valence-corrected chi connectivity index (χ3v) is 5.59. The zero-order valence-electron chi connectivity index (χ0n) is 16.5. The van der Waals surface area contributed by atoms with Gasteiger partial charge in [0, 0.05) is 12.5 Å². The van der Waals surface area contributed by atoms with E-state index in [1.165, 1.54) is 30.4 Å². The molecule has 1 aliphatic rings. The van der Waals surface area contributed by atoms with Crippen molar-refractivity contribution in [2.75, 3.05) is 32.8 Å². The molecule has 0 radical (unpaired) electrons. The third-order valence-electron chi connectivity index (χ3n) is 5.59. The standard InChI is InChI=1S/C24H33NO2/c1-20(23-10-6-3-7-11-23)18-27-19-24(26)17-25-14-12-22(13-15-25)16-21-8-4-2-5-9-21/h2-11,20,22,24,26H,12-19H2,1H3. The van der Waals surface area contributed by atoms with Gasteiger partial charge in [0.05, 0.1) is 19.3 Å². The Labute approximate surface area is 164 Å². The molecule has 0 aromatic heterocycles. The average Bonchev–Trinajstić information content (AvgIpc) is 2.71. The van der Waals surface area contributed by atoms with E-state index < -0.39 is 6.10 Å². The normalized spacial score (nSPS) is 18.3. The summed E-state index contributed by atoms with van der Waals surface area (Å²) in [7, 11) is 0. The maximum atomic E-state index is 10.3. The summed E-state index contributed by atoms with van der Waals surface area (Å²) in [5, 5.41) is 10.3. The number of aliphatic hydroxyl groups excluding tert-OH is 1. The third kappa shape index (κ3) is 6.76. The summed E-state index contributed by atoms with van der Waals surface area (Å²) >= 11 is 0. The van der Waals surface area contributed by atoms with Gasteiger partial charge in [-0.2, -0.15) is 0 Å². The van der Waals surface area contributed by atoms with Gasteiger partial charge in [-0.3, -0.25) is 0 Å². The summed E-state index contributed by atoms with van der Waals surface area (Å²) in [5.41, 5.74) is 2.73. The van der Waals surface area contributed by atoms with E-state index >= 15 is 0 Å². The number of piperidine rings is 1. The summed E-state index contributed by atoms with van der Waals surface area (Å²) in [6.45, 7) is 6.11. The first-order valence-corrected chi connectivity index (χ1v) is 10.3. The highest BCUT2D eigenvalue weighted by Crippen LogP contribution is 2.22. The highest BCUT2D eigenvalue weighted by Gasteiger charge is 2.21. The molecule has 1 saturated heterocycles. The fraction of sp³-hybridized carbons (Fsp3) is 0.500. The molecular formula is C24H33NO2. The molecule has 2 aromatic carbocycles. The van der Waals surface area contributed by atoms with Crippen molar-refractivity contribution in [3.05, 3.63) is 71.8 Å². The van der Waals surface area contributed by atoms with Gasteiger partial charge in [-0.05, 0) is 49.4 Å². The fourth-order valence-electron chi connectivity index (χ4n) is 3.93. The van der Waals surface area contributed by atoms with Gasteiger partial charge >= 0.3 is 0 Å². The van der Waals surface area contributed by atoms with Crippen LogP contribution in [-0.4, -0.2) is 49.0 Å². The van der Waals surface area contributed by atoms with Crippen LogP contribution in [0.2, 0.25) is 0 Å². The minimum Gasteiger partial charge on any atom is -0.389 e. The predicted molar refractivity (Wildman–Crippen MR) is 111 cm³/mol. The first-order valence-electron chi connectivity index (χ1n) is 10.3. The number of β-amino-alcohol motifs (C(OH)–C–C–N with tert-alkyl or cyclic N) is 1. The number of benzene rings is 2. The van der Waals surface area contributed by atoms with Crippen LogP contribution in [0.4, 0.5) is 0 Å². The van der Waals surface area contributed by atoms with Crippen LogP contribution >= 0.6 is 0 Å². The Morgan fingerprint density at radius 2 is 1.59 bits per heavy atom. The van der Waals surface area contributed by atoms with Gasteiger partial charge in [-0.15, -0.1) is 0 Å². The first kappa shape index (κ1) is 20.1. The highest BCUT2D eigenvalue weighted by atomic mass is 16.5.